The van der Waals surface area contributed by atoms with Crippen LogP contribution in [0.4, 0.5) is 4.39 Å². The molecule has 2 aliphatic rings. The maximum absolute atomic E-state index is 12.5. The van der Waals surface area contributed by atoms with Crippen molar-refractivity contribution in [2.75, 3.05) is 19.6 Å². The lowest BCUT2D eigenvalue weighted by Crippen LogP contribution is -2.41. The molecule has 1 N–H and O–H groups in total. The summed E-state index contributed by atoms with van der Waals surface area (Å²) < 4.78 is 11.9. The highest BCUT2D eigenvalue weighted by Gasteiger charge is 2.29. The summed E-state index contributed by atoms with van der Waals surface area (Å²) in [5, 5.41) is 9.52. The van der Waals surface area contributed by atoms with Crippen LogP contribution in [0, 0.1) is 11.7 Å². The largest absolute Gasteiger partial charge is 0.393 e. The average Bonchev–Trinajstić information content (AvgIpc) is 2.67. The van der Waals surface area contributed by atoms with E-state index in [0.717, 1.165) is 50.9 Å². The number of rotatable bonds is 2. The number of benzene rings is 2. The van der Waals surface area contributed by atoms with Crippen LogP contribution in [0.1, 0.15) is 35.2 Å². The van der Waals surface area contributed by atoms with E-state index in [1.165, 1.54) is 17.7 Å². The number of fused-ring (bicyclic) bond motifs is 1. The fraction of sp³-hybridized carbons (Fsp3) is 0.409. The van der Waals surface area contributed by atoms with E-state index >= 15 is 0 Å². The van der Waals surface area contributed by atoms with E-state index in [0.29, 0.717) is 5.78 Å². The second-order valence-corrected chi connectivity index (χ2v) is 7.08. The van der Waals surface area contributed by atoms with Gasteiger partial charge >= 0.3 is 0 Å². The van der Waals surface area contributed by atoms with Gasteiger partial charge in [0.2, 0.25) is 0 Å². The molecular weight excluding hydrogens is 329 g/mol. The number of aryl methyl sites for hydroxylation is 1. The molecule has 0 amide bonds. The van der Waals surface area contributed by atoms with Gasteiger partial charge in [-0.05, 0) is 43.4 Å². The number of Topliss-reactive ketones (excluding diaryl/α,β-unsaturated/α-hetero) is 1. The van der Waals surface area contributed by atoms with Crippen molar-refractivity contribution in [3.63, 3.8) is 0 Å². The first-order valence-corrected chi connectivity index (χ1v) is 9.36. The monoisotopic (exact) mass is 355 g/mol. The van der Waals surface area contributed by atoms with Gasteiger partial charge in [0, 0.05) is 31.1 Å². The molecule has 0 bridgehead atoms. The van der Waals surface area contributed by atoms with Crippen LogP contribution in [0.3, 0.4) is 0 Å². The van der Waals surface area contributed by atoms with Gasteiger partial charge in [0.15, 0.2) is 5.78 Å². The molecule has 0 saturated carbocycles. The van der Waals surface area contributed by atoms with Gasteiger partial charge in [-0.25, -0.2) is 4.39 Å². The number of ketones is 1. The van der Waals surface area contributed by atoms with Crippen LogP contribution in [0.25, 0.3) is 0 Å². The third kappa shape index (κ3) is 4.99. The Morgan fingerprint density at radius 1 is 0.962 bits per heavy atom. The fourth-order valence-electron chi connectivity index (χ4n) is 3.66. The number of halogens is 1. The van der Waals surface area contributed by atoms with E-state index < -0.39 is 0 Å². The molecule has 3 nitrogen and oxygen atoms in total. The van der Waals surface area contributed by atoms with Gasteiger partial charge in [-0.1, -0.05) is 42.5 Å². The Balaban J connectivity index is 0.000000236. The molecule has 1 fully saturated rings. The maximum atomic E-state index is 12.5. The third-order valence-electron chi connectivity index (χ3n) is 5.18. The number of likely N-dealkylation sites (tertiary alicyclic amines) is 1. The van der Waals surface area contributed by atoms with Crippen molar-refractivity contribution in [1.29, 1.82) is 0 Å². The highest BCUT2D eigenvalue weighted by atomic mass is 19.1. The number of hydrogen-bond donors (Lipinski definition) is 1. The lowest BCUT2D eigenvalue weighted by atomic mass is 9.82. The van der Waals surface area contributed by atoms with E-state index in [1.807, 2.05) is 18.2 Å². The quantitative estimate of drug-likeness (QED) is 0.893. The summed E-state index contributed by atoms with van der Waals surface area (Å²) in [6.45, 7) is 2.71. The first-order valence-electron chi connectivity index (χ1n) is 9.36. The van der Waals surface area contributed by atoms with E-state index in [2.05, 4.69) is 11.0 Å². The summed E-state index contributed by atoms with van der Waals surface area (Å²) in [6, 6.07) is 15.9. The second-order valence-electron chi connectivity index (χ2n) is 7.08. The molecule has 0 radical (unpaired) electrons. The van der Waals surface area contributed by atoms with E-state index in [1.54, 1.807) is 18.2 Å². The molecule has 4 heteroatoms. The lowest BCUT2D eigenvalue weighted by Gasteiger charge is -2.33. The van der Waals surface area contributed by atoms with E-state index in [4.69, 9.17) is 0 Å². The fourth-order valence-corrected chi connectivity index (χ4v) is 3.66. The Morgan fingerprint density at radius 3 is 2.27 bits per heavy atom. The number of carbonyl (C=O) groups is 1. The molecule has 1 aliphatic carbocycles. The molecule has 2 aromatic carbocycles. The van der Waals surface area contributed by atoms with Crippen molar-refractivity contribution in [2.24, 2.45) is 5.92 Å². The van der Waals surface area contributed by atoms with Gasteiger partial charge in [-0.3, -0.25) is 4.79 Å². The number of aliphatic hydroxyl groups excluding tert-OH is 1. The van der Waals surface area contributed by atoms with Crippen molar-refractivity contribution < 1.29 is 14.3 Å². The molecule has 1 saturated heterocycles. The minimum absolute atomic E-state index is 0.140. The number of hydrogen-bond acceptors (Lipinski definition) is 3. The zero-order valence-corrected chi connectivity index (χ0v) is 15.0. The Morgan fingerprint density at radius 2 is 1.62 bits per heavy atom. The number of carbonyl (C=O) groups excluding carboxylic acids is 1. The first kappa shape index (κ1) is 18.7. The first-order chi connectivity index (χ1) is 12.6. The van der Waals surface area contributed by atoms with Gasteiger partial charge in [-0.15, -0.1) is 0 Å². The SMILES string of the molecule is Fc1ccccc1.O=C1c2ccccc2CCC1CN1CCC(O)CC1. The van der Waals surface area contributed by atoms with Crippen LogP contribution >= 0.6 is 0 Å². The minimum Gasteiger partial charge on any atom is -0.393 e. The molecule has 1 atom stereocenters. The van der Waals surface area contributed by atoms with Gasteiger partial charge in [0.1, 0.15) is 5.82 Å². The highest BCUT2D eigenvalue weighted by molar-refractivity contribution is 6.00. The Labute approximate surface area is 154 Å². The van der Waals surface area contributed by atoms with Gasteiger partial charge in [0.25, 0.3) is 0 Å². The number of nitrogens with zero attached hydrogens (tertiary/aromatic N) is 1. The molecule has 138 valence electrons. The predicted molar refractivity (Wildman–Crippen MR) is 101 cm³/mol. The molecule has 26 heavy (non-hydrogen) atoms. The summed E-state index contributed by atoms with van der Waals surface area (Å²) >= 11 is 0. The molecule has 1 aliphatic heterocycles. The molecule has 0 spiro atoms. The predicted octanol–water partition coefficient (Wildman–Crippen LogP) is 3.71. The number of piperidine rings is 1. The third-order valence-corrected chi connectivity index (χ3v) is 5.18. The molecule has 2 aromatic rings. The highest BCUT2D eigenvalue weighted by Crippen LogP contribution is 2.26. The van der Waals surface area contributed by atoms with Gasteiger partial charge in [-0.2, -0.15) is 0 Å². The zero-order valence-electron chi connectivity index (χ0n) is 15.0. The molecule has 0 aromatic heterocycles. The summed E-state index contributed by atoms with van der Waals surface area (Å²) in [6.07, 6.45) is 3.53. The molecule has 1 unspecified atom stereocenters. The normalized spacial score (nSPS) is 20.8. The molecular formula is C22H26FNO2. The van der Waals surface area contributed by atoms with E-state index in [9.17, 15) is 14.3 Å². The Bertz CT molecular complexity index is 711. The zero-order chi connectivity index (χ0) is 18.4. The molecule has 1 heterocycles. The summed E-state index contributed by atoms with van der Waals surface area (Å²) in [5.74, 6) is 0.278. The smallest absolute Gasteiger partial charge is 0.167 e. The summed E-state index contributed by atoms with van der Waals surface area (Å²) in [7, 11) is 0. The lowest BCUT2D eigenvalue weighted by molar-refractivity contribution is 0.0659. The standard InChI is InChI=1S/C16H21NO2.C6H5F/c18-14-7-9-17(10-8-14)11-13-6-5-12-3-1-2-4-15(12)16(13)19;7-6-4-2-1-3-5-6/h1-4,13-14,18H,5-11H2;1-5H. The van der Waals surface area contributed by atoms with Crippen molar-refractivity contribution in [1.82, 2.24) is 4.90 Å². The van der Waals surface area contributed by atoms with Crippen LogP contribution in [-0.4, -0.2) is 41.5 Å². The minimum atomic E-state index is -0.178. The topological polar surface area (TPSA) is 40.5 Å². The molecule has 4 rings (SSSR count). The van der Waals surface area contributed by atoms with Crippen LogP contribution < -0.4 is 0 Å². The van der Waals surface area contributed by atoms with Crippen molar-refractivity contribution >= 4 is 5.78 Å². The Kier molecular flexibility index (Phi) is 6.53. The van der Waals surface area contributed by atoms with Gasteiger partial charge < -0.3 is 10.0 Å². The van der Waals surface area contributed by atoms with Crippen molar-refractivity contribution in [2.45, 2.75) is 31.8 Å². The average molecular weight is 355 g/mol. The maximum Gasteiger partial charge on any atom is 0.167 e. The van der Waals surface area contributed by atoms with Gasteiger partial charge in [0.05, 0.1) is 6.10 Å². The van der Waals surface area contributed by atoms with Crippen LogP contribution in [0.15, 0.2) is 54.6 Å². The summed E-state index contributed by atoms with van der Waals surface area (Å²) in [4.78, 5) is 14.8. The van der Waals surface area contributed by atoms with Crippen LogP contribution in [0.5, 0.6) is 0 Å². The van der Waals surface area contributed by atoms with Crippen molar-refractivity contribution in [3.05, 3.63) is 71.5 Å². The summed E-state index contributed by atoms with van der Waals surface area (Å²) in [5.41, 5.74) is 2.13. The Hall–Kier alpha value is -2.04. The van der Waals surface area contributed by atoms with Crippen LogP contribution in [0.2, 0.25) is 0 Å². The van der Waals surface area contributed by atoms with Crippen LogP contribution in [-0.2, 0) is 6.42 Å². The van der Waals surface area contributed by atoms with Crippen molar-refractivity contribution in [3.8, 4) is 0 Å². The number of aliphatic hydroxyl groups is 1. The second kappa shape index (κ2) is 9.06. The van der Waals surface area contributed by atoms with E-state index in [-0.39, 0.29) is 17.8 Å².